The Bertz CT molecular complexity index is 801. The highest BCUT2D eigenvalue weighted by atomic mass is 32.2. The fraction of sp³-hybridized carbons (Fsp3) is 0.235. The maximum Gasteiger partial charge on any atom is 0.235 e. The highest BCUT2D eigenvalue weighted by Gasteiger charge is 2.37. The van der Waals surface area contributed by atoms with Crippen molar-refractivity contribution in [3.05, 3.63) is 75.6 Å². The molecule has 1 aliphatic carbocycles. The number of nitrogens with zero attached hydrogens (tertiary/aromatic N) is 2. The van der Waals surface area contributed by atoms with Crippen molar-refractivity contribution in [1.29, 1.82) is 0 Å². The van der Waals surface area contributed by atoms with Gasteiger partial charge in [-0.15, -0.1) is 0 Å². The molecule has 3 rings (SSSR count). The lowest BCUT2D eigenvalue weighted by atomic mass is 9.85. The second kappa shape index (κ2) is 6.24. The Morgan fingerprint density at radius 1 is 1.42 bits per heavy atom. The molecule has 1 aliphatic heterocycles. The Balaban J connectivity index is 2.07. The van der Waals surface area contributed by atoms with Gasteiger partial charge in [0.25, 0.3) is 0 Å². The quantitative estimate of drug-likeness (QED) is 0.669. The standard InChI is InChI=1S/C17H16FN3O2S/c1-17(13-9-12(21(22)23)7-8-14(13)18)10-15(24-16(19)20-17)11-5-3-2-4-6-11/h2-6,8-10,12H,7H2,1H3,(H2,19,20). The molecule has 0 bridgehead atoms. The normalized spacial score (nSPS) is 26.8. The van der Waals surface area contributed by atoms with Crippen molar-refractivity contribution in [3.8, 4) is 0 Å². The second-order valence-corrected chi connectivity index (χ2v) is 6.86. The maximum absolute atomic E-state index is 14.4. The third-order valence-electron chi connectivity index (χ3n) is 4.00. The van der Waals surface area contributed by atoms with E-state index >= 15 is 0 Å². The van der Waals surface area contributed by atoms with Gasteiger partial charge in [0, 0.05) is 21.8 Å². The first kappa shape index (κ1) is 16.4. The molecule has 7 heteroatoms. The zero-order valence-electron chi connectivity index (χ0n) is 13.0. The molecular weight excluding hydrogens is 329 g/mol. The summed E-state index contributed by atoms with van der Waals surface area (Å²) < 4.78 is 14.4. The molecular formula is C17H16FN3O2S. The minimum absolute atomic E-state index is 0.0433. The molecule has 0 fully saturated rings. The van der Waals surface area contributed by atoms with Crippen molar-refractivity contribution in [2.75, 3.05) is 0 Å². The highest BCUT2D eigenvalue weighted by Crippen LogP contribution is 2.42. The van der Waals surface area contributed by atoms with Crippen molar-refractivity contribution in [2.45, 2.75) is 24.9 Å². The first-order valence-electron chi connectivity index (χ1n) is 7.42. The number of amidine groups is 1. The molecule has 5 nitrogen and oxygen atoms in total. The van der Waals surface area contributed by atoms with Gasteiger partial charge >= 0.3 is 0 Å². The van der Waals surface area contributed by atoms with Gasteiger partial charge in [-0.1, -0.05) is 42.1 Å². The van der Waals surface area contributed by atoms with Crippen molar-refractivity contribution < 1.29 is 9.31 Å². The first-order chi connectivity index (χ1) is 11.4. The Morgan fingerprint density at radius 3 is 2.79 bits per heavy atom. The van der Waals surface area contributed by atoms with Crippen molar-refractivity contribution >= 4 is 21.8 Å². The van der Waals surface area contributed by atoms with E-state index in [0.29, 0.717) is 5.17 Å². The molecule has 0 saturated carbocycles. The molecule has 1 aromatic rings. The number of rotatable bonds is 3. The van der Waals surface area contributed by atoms with E-state index in [1.165, 1.54) is 23.9 Å². The zero-order valence-corrected chi connectivity index (χ0v) is 13.8. The van der Waals surface area contributed by atoms with Crippen LogP contribution in [0.15, 0.2) is 65.0 Å². The molecule has 2 unspecified atom stereocenters. The van der Waals surface area contributed by atoms with E-state index in [-0.39, 0.29) is 12.0 Å². The van der Waals surface area contributed by atoms with Gasteiger partial charge in [-0.3, -0.25) is 10.1 Å². The van der Waals surface area contributed by atoms with Crippen LogP contribution in [-0.4, -0.2) is 21.7 Å². The molecule has 0 aromatic heterocycles. The van der Waals surface area contributed by atoms with Crippen LogP contribution >= 0.6 is 11.8 Å². The number of aliphatic imine (C=N–C) groups is 1. The number of nitrogens with two attached hydrogens (primary N) is 1. The number of thioether (sulfide) groups is 1. The molecule has 2 aliphatic rings. The van der Waals surface area contributed by atoms with Gasteiger partial charge in [0.05, 0.1) is 0 Å². The fourth-order valence-electron chi connectivity index (χ4n) is 2.80. The smallest absolute Gasteiger partial charge is 0.235 e. The number of hydrogen-bond acceptors (Lipinski definition) is 5. The summed E-state index contributed by atoms with van der Waals surface area (Å²) in [6.07, 6.45) is 4.45. The van der Waals surface area contributed by atoms with Crippen LogP contribution in [0.25, 0.3) is 4.91 Å². The molecule has 1 aromatic carbocycles. The first-order valence-corrected chi connectivity index (χ1v) is 8.24. The lowest BCUT2D eigenvalue weighted by molar-refractivity contribution is -0.508. The van der Waals surface area contributed by atoms with Gasteiger partial charge in [-0.2, -0.15) is 0 Å². The number of halogens is 1. The average molecular weight is 345 g/mol. The molecule has 2 N–H and O–H groups in total. The van der Waals surface area contributed by atoms with Gasteiger partial charge < -0.3 is 5.73 Å². The largest absolute Gasteiger partial charge is 0.378 e. The minimum Gasteiger partial charge on any atom is -0.378 e. The number of benzene rings is 1. The molecule has 124 valence electrons. The summed E-state index contributed by atoms with van der Waals surface area (Å²) in [5.74, 6) is -0.484. The summed E-state index contributed by atoms with van der Waals surface area (Å²) in [7, 11) is 0. The summed E-state index contributed by atoms with van der Waals surface area (Å²) in [4.78, 5) is 15.9. The fourth-order valence-corrected chi connectivity index (χ4v) is 3.80. The van der Waals surface area contributed by atoms with Crippen LogP contribution in [0.1, 0.15) is 18.9 Å². The summed E-state index contributed by atoms with van der Waals surface area (Å²) in [6, 6.07) is 8.62. The molecule has 0 amide bonds. The molecule has 1 heterocycles. The van der Waals surface area contributed by atoms with Crippen LogP contribution in [0.4, 0.5) is 4.39 Å². The van der Waals surface area contributed by atoms with Crippen molar-refractivity contribution in [2.24, 2.45) is 10.7 Å². The molecule has 2 atom stereocenters. The van der Waals surface area contributed by atoms with Crippen LogP contribution in [0.5, 0.6) is 0 Å². The highest BCUT2D eigenvalue weighted by molar-refractivity contribution is 8.21. The lowest BCUT2D eigenvalue weighted by Crippen LogP contribution is -2.32. The Kier molecular flexibility index (Phi) is 4.28. The van der Waals surface area contributed by atoms with Gasteiger partial charge in [0.15, 0.2) is 5.17 Å². The van der Waals surface area contributed by atoms with Crippen molar-refractivity contribution in [1.82, 2.24) is 0 Å². The Morgan fingerprint density at radius 2 is 2.12 bits per heavy atom. The second-order valence-electron chi connectivity index (χ2n) is 5.80. The van der Waals surface area contributed by atoms with E-state index in [1.807, 2.05) is 36.4 Å². The summed E-state index contributed by atoms with van der Waals surface area (Å²) >= 11 is 1.30. The lowest BCUT2D eigenvalue weighted by Gasteiger charge is -2.31. The third kappa shape index (κ3) is 3.12. The van der Waals surface area contributed by atoms with Crippen molar-refractivity contribution in [3.63, 3.8) is 0 Å². The molecule has 24 heavy (non-hydrogen) atoms. The predicted molar refractivity (Wildman–Crippen MR) is 94.7 cm³/mol. The van der Waals surface area contributed by atoms with Gasteiger partial charge in [0.2, 0.25) is 6.04 Å². The topological polar surface area (TPSA) is 81.5 Å². The van der Waals surface area contributed by atoms with E-state index in [4.69, 9.17) is 5.73 Å². The van der Waals surface area contributed by atoms with Gasteiger partial charge in [-0.05, 0) is 30.7 Å². The average Bonchev–Trinajstić information content (AvgIpc) is 2.55. The van der Waals surface area contributed by atoms with E-state index in [1.54, 1.807) is 6.92 Å². The van der Waals surface area contributed by atoms with E-state index < -0.39 is 22.3 Å². The molecule has 0 spiro atoms. The maximum atomic E-state index is 14.4. The van der Waals surface area contributed by atoms with E-state index in [2.05, 4.69) is 4.99 Å². The molecule has 0 saturated heterocycles. The number of hydrogen-bond donors (Lipinski definition) is 1. The van der Waals surface area contributed by atoms with Gasteiger partial charge in [-0.25, -0.2) is 9.38 Å². The van der Waals surface area contributed by atoms with E-state index in [0.717, 1.165) is 10.5 Å². The SMILES string of the molecule is CC1(C2=CC([N+](=O)[O-])CC=C2F)C=C(c2ccccc2)SC(N)=N1. The zero-order chi connectivity index (χ0) is 17.3. The summed E-state index contributed by atoms with van der Waals surface area (Å²) in [5, 5.41) is 11.4. The van der Waals surface area contributed by atoms with Crippen LogP contribution in [-0.2, 0) is 0 Å². The van der Waals surface area contributed by atoms with Crippen LogP contribution < -0.4 is 5.73 Å². The Labute approximate surface area is 143 Å². The monoisotopic (exact) mass is 345 g/mol. The number of nitro groups is 1. The Hall–Kier alpha value is -2.41. The third-order valence-corrected chi connectivity index (χ3v) is 4.87. The molecule has 0 radical (unpaired) electrons. The summed E-state index contributed by atoms with van der Waals surface area (Å²) in [6.45, 7) is 1.71. The van der Waals surface area contributed by atoms with Gasteiger partial charge in [0.1, 0.15) is 11.4 Å². The van der Waals surface area contributed by atoms with Crippen LogP contribution in [0.2, 0.25) is 0 Å². The summed E-state index contributed by atoms with van der Waals surface area (Å²) in [5.41, 5.74) is 6.01. The van der Waals surface area contributed by atoms with E-state index in [9.17, 15) is 14.5 Å². The minimum atomic E-state index is -1.07. The van der Waals surface area contributed by atoms with Crippen LogP contribution in [0, 0.1) is 10.1 Å². The van der Waals surface area contributed by atoms with Crippen LogP contribution in [0.3, 0.4) is 0 Å². The predicted octanol–water partition coefficient (Wildman–Crippen LogP) is 3.68.